The second-order valence-electron chi connectivity index (χ2n) is 7.68. The van der Waals surface area contributed by atoms with Crippen molar-refractivity contribution in [2.45, 2.75) is 55.3 Å². The molecule has 2 fully saturated rings. The van der Waals surface area contributed by atoms with Crippen LogP contribution in [0.2, 0.25) is 0 Å². The molecule has 1 atom stereocenters. The maximum absolute atomic E-state index is 13.4. The highest BCUT2D eigenvalue weighted by atomic mass is 32.2. The normalized spacial score (nSPS) is 21.4. The molecule has 2 aromatic rings. The molecule has 0 radical (unpaired) electrons. The molecule has 1 aromatic heterocycles. The van der Waals surface area contributed by atoms with Crippen molar-refractivity contribution in [3.63, 3.8) is 0 Å². The second kappa shape index (κ2) is 8.57. The molecule has 1 saturated heterocycles. The molecule has 2 heterocycles. The summed E-state index contributed by atoms with van der Waals surface area (Å²) in [5.41, 5.74) is 0. The minimum atomic E-state index is -3.70. The number of nitrogens with zero attached hydrogens (tertiary/aromatic N) is 3. The lowest BCUT2D eigenvalue weighted by Crippen LogP contribution is -2.39. The fraction of sp³-hybridized carbons (Fsp3) is 0.600. The Morgan fingerprint density at radius 1 is 1.00 bits per heavy atom. The van der Waals surface area contributed by atoms with Gasteiger partial charge in [-0.1, -0.05) is 12.8 Å². The Kier molecular flexibility index (Phi) is 6.08. The predicted molar refractivity (Wildman–Crippen MR) is 111 cm³/mol. The first-order valence-electron chi connectivity index (χ1n) is 10.1. The molecule has 0 spiro atoms. The number of hydrogen-bond donors (Lipinski definition) is 0. The van der Waals surface area contributed by atoms with Crippen LogP contribution < -0.4 is 9.47 Å². The standard InChI is InChI=1S/C20H27N3O4S2/c1-26-16-9-10-17(27-2)18(12-16)29(24,25)23-11-5-8-15(13-23)20-22-21-19(28-20)14-6-3-4-7-14/h9-10,12,14-15H,3-8,11,13H2,1-2H3. The van der Waals surface area contributed by atoms with E-state index in [4.69, 9.17) is 9.47 Å². The highest BCUT2D eigenvalue weighted by molar-refractivity contribution is 7.89. The van der Waals surface area contributed by atoms with Gasteiger partial charge in [-0.25, -0.2) is 8.42 Å². The summed E-state index contributed by atoms with van der Waals surface area (Å²) in [6.07, 6.45) is 6.63. The van der Waals surface area contributed by atoms with E-state index in [1.54, 1.807) is 27.8 Å². The summed E-state index contributed by atoms with van der Waals surface area (Å²) < 4.78 is 38.9. The van der Waals surface area contributed by atoms with E-state index in [9.17, 15) is 8.42 Å². The molecule has 29 heavy (non-hydrogen) atoms. The van der Waals surface area contributed by atoms with E-state index in [0.29, 0.717) is 30.5 Å². The zero-order valence-corrected chi connectivity index (χ0v) is 18.5. The SMILES string of the molecule is COc1ccc(OC)c(S(=O)(=O)N2CCCC(c3nnc(C4CCCC4)s3)C2)c1. The monoisotopic (exact) mass is 437 g/mol. The molecule has 1 aromatic carbocycles. The third-order valence-electron chi connectivity index (χ3n) is 5.88. The molecule has 1 unspecified atom stereocenters. The summed E-state index contributed by atoms with van der Waals surface area (Å²) in [6.45, 7) is 0.912. The molecule has 0 bridgehead atoms. The van der Waals surface area contributed by atoms with Crippen LogP contribution in [-0.4, -0.2) is 50.2 Å². The fourth-order valence-corrected chi connectivity index (χ4v) is 7.07. The lowest BCUT2D eigenvalue weighted by Gasteiger charge is -2.31. The van der Waals surface area contributed by atoms with Crippen molar-refractivity contribution in [2.75, 3.05) is 27.3 Å². The molecule has 9 heteroatoms. The lowest BCUT2D eigenvalue weighted by molar-refractivity contribution is 0.312. The Morgan fingerprint density at radius 2 is 1.69 bits per heavy atom. The van der Waals surface area contributed by atoms with E-state index in [1.165, 1.54) is 46.0 Å². The van der Waals surface area contributed by atoms with Crippen molar-refractivity contribution < 1.29 is 17.9 Å². The quantitative estimate of drug-likeness (QED) is 0.684. The Morgan fingerprint density at radius 3 is 2.38 bits per heavy atom. The lowest BCUT2D eigenvalue weighted by atomic mass is 10.0. The zero-order valence-electron chi connectivity index (χ0n) is 16.8. The number of methoxy groups -OCH3 is 2. The first-order chi connectivity index (χ1) is 14.0. The Labute approximate surface area is 176 Å². The molecule has 4 rings (SSSR count). The zero-order chi connectivity index (χ0) is 20.4. The van der Waals surface area contributed by atoms with Crippen LogP contribution in [0.4, 0.5) is 0 Å². The highest BCUT2D eigenvalue weighted by Crippen LogP contribution is 2.39. The summed E-state index contributed by atoms with van der Waals surface area (Å²) in [5.74, 6) is 1.43. The number of hydrogen-bond acceptors (Lipinski definition) is 7. The van der Waals surface area contributed by atoms with Crippen LogP contribution in [0.3, 0.4) is 0 Å². The molecular formula is C20H27N3O4S2. The van der Waals surface area contributed by atoms with E-state index in [0.717, 1.165) is 22.9 Å². The Hall–Kier alpha value is -1.71. The molecule has 1 aliphatic carbocycles. The first-order valence-corrected chi connectivity index (χ1v) is 12.3. The summed E-state index contributed by atoms with van der Waals surface area (Å²) >= 11 is 1.67. The van der Waals surface area contributed by atoms with Gasteiger partial charge in [0, 0.05) is 31.0 Å². The molecule has 0 amide bonds. The maximum atomic E-state index is 13.4. The van der Waals surface area contributed by atoms with Gasteiger partial charge in [0.05, 0.1) is 14.2 Å². The van der Waals surface area contributed by atoms with Crippen LogP contribution in [0.5, 0.6) is 11.5 Å². The molecule has 1 saturated carbocycles. The predicted octanol–water partition coefficient (Wildman–Crippen LogP) is 3.78. The van der Waals surface area contributed by atoms with Gasteiger partial charge in [0.2, 0.25) is 10.0 Å². The van der Waals surface area contributed by atoms with E-state index in [1.807, 2.05) is 0 Å². The smallest absolute Gasteiger partial charge is 0.246 e. The summed E-state index contributed by atoms with van der Waals surface area (Å²) in [5, 5.41) is 10.9. The molecule has 2 aliphatic rings. The molecule has 7 nitrogen and oxygen atoms in total. The van der Waals surface area contributed by atoms with Gasteiger partial charge < -0.3 is 9.47 Å². The van der Waals surface area contributed by atoms with Gasteiger partial charge in [0.15, 0.2) is 0 Å². The van der Waals surface area contributed by atoms with Gasteiger partial charge in [-0.2, -0.15) is 4.31 Å². The van der Waals surface area contributed by atoms with E-state index in [2.05, 4.69) is 10.2 Å². The van der Waals surface area contributed by atoms with Gasteiger partial charge in [-0.05, 0) is 37.8 Å². The summed E-state index contributed by atoms with van der Waals surface area (Å²) in [6, 6.07) is 4.86. The average molecular weight is 438 g/mol. The number of ether oxygens (including phenoxy) is 2. The van der Waals surface area contributed by atoms with Crippen LogP contribution in [-0.2, 0) is 10.0 Å². The van der Waals surface area contributed by atoms with Crippen LogP contribution in [0, 0.1) is 0 Å². The van der Waals surface area contributed by atoms with E-state index < -0.39 is 10.0 Å². The number of rotatable bonds is 6. The molecule has 158 valence electrons. The molecule has 1 aliphatic heterocycles. The van der Waals surface area contributed by atoms with Crippen molar-refractivity contribution in [3.05, 3.63) is 28.2 Å². The van der Waals surface area contributed by atoms with Crippen LogP contribution >= 0.6 is 11.3 Å². The van der Waals surface area contributed by atoms with Crippen molar-refractivity contribution in [3.8, 4) is 11.5 Å². The molecule has 0 N–H and O–H groups in total. The third kappa shape index (κ3) is 4.13. The van der Waals surface area contributed by atoms with Gasteiger partial charge in [-0.15, -0.1) is 21.5 Å². The van der Waals surface area contributed by atoms with Crippen LogP contribution in [0.15, 0.2) is 23.1 Å². The minimum Gasteiger partial charge on any atom is -0.497 e. The van der Waals surface area contributed by atoms with Crippen molar-refractivity contribution in [2.24, 2.45) is 0 Å². The van der Waals surface area contributed by atoms with E-state index >= 15 is 0 Å². The summed E-state index contributed by atoms with van der Waals surface area (Å²) in [4.78, 5) is 0.143. The Balaban J connectivity index is 1.56. The number of sulfonamides is 1. The average Bonchev–Trinajstić information content (AvgIpc) is 3.45. The number of aromatic nitrogens is 2. The minimum absolute atomic E-state index is 0.0859. The third-order valence-corrected chi connectivity index (χ3v) is 9.02. The first kappa shape index (κ1) is 20.6. The topological polar surface area (TPSA) is 81.6 Å². The molecular weight excluding hydrogens is 410 g/mol. The van der Waals surface area contributed by atoms with Crippen molar-refractivity contribution in [1.82, 2.24) is 14.5 Å². The highest BCUT2D eigenvalue weighted by Gasteiger charge is 2.35. The van der Waals surface area contributed by atoms with Gasteiger partial charge >= 0.3 is 0 Å². The van der Waals surface area contributed by atoms with Gasteiger partial charge in [0.1, 0.15) is 26.4 Å². The van der Waals surface area contributed by atoms with Crippen LogP contribution in [0.25, 0.3) is 0 Å². The maximum Gasteiger partial charge on any atom is 0.246 e. The van der Waals surface area contributed by atoms with Crippen molar-refractivity contribution >= 4 is 21.4 Å². The van der Waals surface area contributed by atoms with Gasteiger partial charge in [-0.3, -0.25) is 0 Å². The largest absolute Gasteiger partial charge is 0.497 e. The second-order valence-corrected chi connectivity index (χ2v) is 10.6. The van der Waals surface area contributed by atoms with Crippen molar-refractivity contribution in [1.29, 1.82) is 0 Å². The fourth-order valence-electron chi connectivity index (χ4n) is 4.24. The van der Waals surface area contributed by atoms with Gasteiger partial charge in [0.25, 0.3) is 0 Å². The van der Waals surface area contributed by atoms with Crippen LogP contribution in [0.1, 0.15) is 60.4 Å². The van der Waals surface area contributed by atoms with E-state index in [-0.39, 0.29) is 10.8 Å². The summed E-state index contributed by atoms with van der Waals surface area (Å²) in [7, 11) is -0.704. The number of benzene rings is 1. The number of piperidine rings is 1. The Bertz CT molecular complexity index is 954.